The van der Waals surface area contributed by atoms with E-state index in [1.165, 1.54) is 49.8 Å². The van der Waals surface area contributed by atoms with Crippen LogP contribution in [-0.4, -0.2) is 35.2 Å². The first kappa shape index (κ1) is 14.5. The van der Waals surface area contributed by atoms with Gasteiger partial charge in [-0.25, -0.2) is 0 Å². The molecule has 1 aromatic heterocycles. The van der Waals surface area contributed by atoms with E-state index in [0.717, 1.165) is 12.3 Å². The smallest absolute Gasteiger partial charge is 0.120 e. The van der Waals surface area contributed by atoms with Gasteiger partial charge in [-0.3, -0.25) is 0 Å². The van der Waals surface area contributed by atoms with Crippen LogP contribution in [0.15, 0.2) is 30.5 Å². The molecule has 1 aliphatic rings. The quantitative estimate of drug-likeness (QED) is 0.801. The number of likely N-dealkylation sites (tertiary alicyclic amines) is 1. The zero-order chi connectivity index (χ0) is 14.7. The van der Waals surface area contributed by atoms with Crippen LogP contribution in [0.1, 0.15) is 33.1 Å². The van der Waals surface area contributed by atoms with Crippen LogP contribution in [0, 0.1) is 0 Å². The van der Waals surface area contributed by atoms with Crippen molar-refractivity contribution >= 4 is 10.9 Å². The molecule has 0 atom stereocenters. The molecule has 1 saturated heterocycles. The second-order valence-corrected chi connectivity index (χ2v) is 6.30. The number of hydrogen-bond donors (Lipinski definition) is 0. The first-order chi connectivity index (χ1) is 10.2. The van der Waals surface area contributed by atoms with Gasteiger partial charge in [0.1, 0.15) is 5.75 Å². The molecule has 1 fully saturated rings. The zero-order valence-corrected chi connectivity index (χ0v) is 13.2. The molecule has 0 N–H and O–H groups in total. The molecule has 0 bridgehead atoms. The van der Waals surface area contributed by atoms with Crippen LogP contribution in [0.25, 0.3) is 10.9 Å². The molecule has 2 aromatic rings. The second-order valence-electron chi connectivity index (χ2n) is 6.30. The van der Waals surface area contributed by atoms with Gasteiger partial charge >= 0.3 is 0 Å². The summed E-state index contributed by atoms with van der Waals surface area (Å²) < 4.78 is 8.13. The molecule has 0 radical (unpaired) electrons. The molecule has 1 aromatic carbocycles. The fourth-order valence-corrected chi connectivity index (χ4v) is 3.19. The van der Waals surface area contributed by atoms with Gasteiger partial charge in [-0.1, -0.05) is 0 Å². The van der Waals surface area contributed by atoms with Crippen molar-refractivity contribution in [3.63, 3.8) is 0 Å². The summed E-state index contributed by atoms with van der Waals surface area (Å²) in [7, 11) is 0. The molecule has 1 aliphatic heterocycles. The SMILES string of the molecule is CC(C)Oc1ccc2c(ccn2CCCN2CCCC2)c1. The number of nitrogens with zero attached hydrogens (tertiary/aromatic N) is 2. The highest BCUT2D eigenvalue weighted by Crippen LogP contribution is 2.23. The Morgan fingerprint density at radius 3 is 2.67 bits per heavy atom. The van der Waals surface area contributed by atoms with E-state index in [1.807, 2.05) is 0 Å². The van der Waals surface area contributed by atoms with E-state index in [2.05, 4.69) is 53.8 Å². The van der Waals surface area contributed by atoms with Crippen LogP contribution in [0.3, 0.4) is 0 Å². The number of aromatic nitrogens is 1. The molecule has 0 amide bonds. The van der Waals surface area contributed by atoms with E-state index in [-0.39, 0.29) is 6.10 Å². The first-order valence-electron chi connectivity index (χ1n) is 8.20. The number of ether oxygens (including phenoxy) is 1. The number of fused-ring (bicyclic) bond motifs is 1. The number of hydrogen-bond acceptors (Lipinski definition) is 2. The summed E-state index contributed by atoms with van der Waals surface area (Å²) in [6.07, 6.45) is 6.42. The van der Waals surface area contributed by atoms with Gasteiger partial charge in [0.05, 0.1) is 6.10 Å². The van der Waals surface area contributed by atoms with Crippen molar-refractivity contribution in [3.05, 3.63) is 30.5 Å². The minimum Gasteiger partial charge on any atom is -0.491 e. The van der Waals surface area contributed by atoms with E-state index in [9.17, 15) is 0 Å². The van der Waals surface area contributed by atoms with Gasteiger partial charge in [0.15, 0.2) is 0 Å². The van der Waals surface area contributed by atoms with Crippen LogP contribution >= 0.6 is 0 Å². The third kappa shape index (κ3) is 3.59. The van der Waals surface area contributed by atoms with Gasteiger partial charge in [0.25, 0.3) is 0 Å². The molecule has 3 rings (SSSR count). The Kier molecular flexibility index (Phi) is 4.49. The van der Waals surface area contributed by atoms with Crippen LogP contribution in [0.2, 0.25) is 0 Å². The van der Waals surface area contributed by atoms with Gasteiger partial charge in [-0.05, 0) is 77.0 Å². The summed E-state index contributed by atoms with van der Waals surface area (Å²) >= 11 is 0. The van der Waals surface area contributed by atoms with Gasteiger partial charge in [0, 0.05) is 23.6 Å². The van der Waals surface area contributed by atoms with E-state index in [4.69, 9.17) is 4.74 Å². The van der Waals surface area contributed by atoms with Gasteiger partial charge in [-0.2, -0.15) is 0 Å². The van der Waals surface area contributed by atoms with Gasteiger partial charge < -0.3 is 14.2 Å². The minimum absolute atomic E-state index is 0.227. The fraction of sp³-hybridized carbons (Fsp3) is 0.556. The average Bonchev–Trinajstić information content (AvgIpc) is 3.08. The summed E-state index contributed by atoms with van der Waals surface area (Å²) in [5.41, 5.74) is 1.31. The predicted molar refractivity (Wildman–Crippen MR) is 88.0 cm³/mol. The molecular formula is C18H26N2O. The Morgan fingerprint density at radius 2 is 1.90 bits per heavy atom. The fourth-order valence-electron chi connectivity index (χ4n) is 3.19. The standard InChI is InChI=1S/C18H26N2O/c1-15(2)21-17-6-7-18-16(14-17)8-13-20(18)12-5-11-19-9-3-4-10-19/h6-8,13-15H,3-5,9-12H2,1-2H3. The van der Waals surface area contributed by atoms with Crippen molar-refractivity contribution in [1.82, 2.24) is 9.47 Å². The highest BCUT2D eigenvalue weighted by molar-refractivity contribution is 5.81. The maximum atomic E-state index is 5.76. The Balaban J connectivity index is 1.62. The Hall–Kier alpha value is -1.48. The van der Waals surface area contributed by atoms with Crippen molar-refractivity contribution in [2.45, 2.75) is 45.8 Å². The van der Waals surface area contributed by atoms with E-state index in [1.54, 1.807) is 0 Å². The number of rotatable bonds is 6. The number of aryl methyl sites for hydroxylation is 1. The normalized spacial score (nSPS) is 16.1. The maximum Gasteiger partial charge on any atom is 0.120 e. The Morgan fingerprint density at radius 1 is 1.10 bits per heavy atom. The lowest BCUT2D eigenvalue weighted by Crippen LogP contribution is -2.21. The Labute approximate surface area is 127 Å². The van der Waals surface area contributed by atoms with Crippen molar-refractivity contribution in [2.24, 2.45) is 0 Å². The van der Waals surface area contributed by atoms with E-state index >= 15 is 0 Å². The van der Waals surface area contributed by atoms with Crippen LogP contribution < -0.4 is 4.74 Å². The summed E-state index contributed by atoms with van der Waals surface area (Å²) in [5, 5.41) is 1.27. The third-order valence-corrected chi connectivity index (χ3v) is 4.19. The Bertz CT molecular complexity index is 582. The van der Waals surface area contributed by atoms with Crippen LogP contribution in [0.4, 0.5) is 0 Å². The molecule has 114 valence electrons. The first-order valence-corrected chi connectivity index (χ1v) is 8.20. The highest BCUT2D eigenvalue weighted by atomic mass is 16.5. The van der Waals surface area contributed by atoms with Gasteiger partial charge in [-0.15, -0.1) is 0 Å². The van der Waals surface area contributed by atoms with Crippen molar-refractivity contribution < 1.29 is 4.74 Å². The summed E-state index contributed by atoms with van der Waals surface area (Å²) in [6, 6.07) is 8.60. The average molecular weight is 286 g/mol. The van der Waals surface area contributed by atoms with Crippen LogP contribution in [-0.2, 0) is 6.54 Å². The maximum absolute atomic E-state index is 5.76. The van der Waals surface area contributed by atoms with Crippen molar-refractivity contribution in [2.75, 3.05) is 19.6 Å². The number of benzene rings is 1. The van der Waals surface area contributed by atoms with E-state index in [0.29, 0.717) is 0 Å². The predicted octanol–water partition coefficient (Wildman–Crippen LogP) is 3.91. The summed E-state index contributed by atoms with van der Waals surface area (Å²) in [4.78, 5) is 2.58. The highest BCUT2D eigenvalue weighted by Gasteiger charge is 2.10. The zero-order valence-electron chi connectivity index (χ0n) is 13.2. The minimum atomic E-state index is 0.227. The summed E-state index contributed by atoms with van der Waals surface area (Å²) in [5.74, 6) is 0.965. The monoisotopic (exact) mass is 286 g/mol. The molecular weight excluding hydrogens is 260 g/mol. The van der Waals surface area contributed by atoms with Crippen molar-refractivity contribution in [1.29, 1.82) is 0 Å². The third-order valence-electron chi connectivity index (χ3n) is 4.19. The lowest BCUT2D eigenvalue weighted by atomic mass is 10.2. The molecule has 21 heavy (non-hydrogen) atoms. The lowest BCUT2D eigenvalue weighted by Gasteiger charge is -2.15. The molecule has 0 saturated carbocycles. The van der Waals surface area contributed by atoms with Gasteiger partial charge in [0.2, 0.25) is 0 Å². The van der Waals surface area contributed by atoms with Crippen LogP contribution in [0.5, 0.6) is 5.75 Å². The topological polar surface area (TPSA) is 17.4 Å². The molecule has 0 aliphatic carbocycles. The molecule has 2 heterocycles. The van der Waals surface area contributed by atoms with Crippen molar-refractivity contribution in [3.8, 4) is 5.75 Å². The summed E-state index contributed by atoms with van der Waals surface area (Å²) in [6.45, 7) is 9.05. The van der Waals surface area contributed by atoms with E-state index < -0.39 is 0 Å². The molecule has 3 heteroatoms. The largest absolute Gasteiger partial charge is 0.491 e. The second kappa shape index (κ2) is 6.52. The lowest BCUT2D eigenvalue weighted by molar-refractivity contribution is 0.243. The molecule has 3 nitrogen and oxygen atoms in total. The molecule has 0 spiro atoms. The molecule has 0 unspecified atom stereocenters.